The minimum Gasteiger partial charge on any atom is -0.345 e. The predicted molar refractivity (Wildman–Crippen MR) is 93.4 cm³/mol. The third kappa shape index (κ3) is 2.54. The quantitative estimate of drug-likeness (QED) is 0.540. The molecule has 6 nitrogen and oxygen atoms in total. The molecule has 0 spiro atoms. The van der Waals surface area contributed by atoms with Crippen molar-refractivity contribution in [3.05, 3.63) is 54.9 Å². The molecule has 4 rings (SSSR count). The van der Waals surface area contributed by atoms with Gasteiger partial charge in [-0.25, -0.2) is 9.97 Å². The van der Waals surface area contributed by atoms with E-state index in [2.05, 4.69) is 25.3 Å². The molecule has 0 radical (unpaired) electrons. The number of fused-ring (bicyclic) bond motifs is 1. The molecule has 0 fully saturated rings. The Morgan fingerprint density at radius 1 is 1.08 bits per heavy atom. The summed E-state index contributed by atoms with van der Waals surface area (Å²) in [5, 5.41) is 2.78. The Kier molecular flexibility index (Phi) is 3.35. The first-order chi connectivity index (χ1) is 11.7. The smallest absolute Gasteiger partial charge is 0.221 e. The van der Waals surface area contributed by atoms with E-state index < -0.39 is 0 Å². The number of nitrogens with zero attached hydrogens (tertiary/aromatic N) is 2. The summed E-state index contributed by atoms with van der Waals surface area (Å²) in [6, 6.07) is 13.6. The van der Waals surface area contributed by atoms with E-state index in [1.807, 2.05) is 42.5 Å². The zero-order valence-corrected chi connectivity index (χ0v) is 13.0. The maximum atomic E-state index is 11.2. The molecule has 2 aromatic heterocycles. The van der Waals surface area contributed by atoms with Crippen LogP contribution in [0.5, 0.6) is 0 Å². The van der Waals surface area contributed by atoms with Crippen molar-refractivity contribution in [1.82, 2.24) is 19.9 Å². The molecule has 3 N–H and O–H groups in total. The van der Waals surface area contributed by atoms with Crippen molar-refractivity contribution in [3.63, 3.8) is 0 Å². The molecule has 0 aliphatic rings. The lowest BCUT2D eigenvalue weighted by Gasteiger charge is -2.04. The number of hydrogen-bond acceptors (Lipinski definition) is 3. The van der Waals surface area contributed by atoms with Gasteiger partial charge in [-0.3, -0.25) is 4.79 Å². The Hall–Kier alpha value is -3.41. The minimum atomic E-state index is -0.0998. The molecule has 0 atom stereocenters. The molecule has 1 amide bonds. The first-order valence-corrected chi connectivity index (χ1v) is 7.57. The lowest BCUT2D eigenvalue weighted by molar-refractivity contribution is -0.114. The standard InChI is InChI=1S/C18H15N5O/c1-11(24)21-12-6-7-15-16(10-12)23-18(22-15)14-5-3-2-4-13(14)17-19-8-9-20-17/h2-10H,1H3,(H,19,20)(H,21,24)(H,22,23). The van der Waals surface area contributed by atoms with Gasteiger partial charge in [-0.15, -0.1) is 0 Å². The van der Waals surface area contributed by atoms with Gasteiger partial charge in [0.15, 0.2) is 0 Å². The Balaban J connectivity index is 1.82. The SMILES string of the molecule is CC(=O)Nc1ccc2nc(-c3ccccc3-c3ncc[nH]3)[nH]c2c1. The fraction of sp³-hybridized carbons (Fsp3) is 0.0556. The summed E-state index contributed by atoms with van der Waals surface area (Å²) in [4.78, 5) is 26.6. The first kappa shape index (κ1) is 14.2. The highest BCUT2D eigenvalue weighted by atomic mass is 16.1. The summed E-state index contributed by atoms with van der Waals surface area (Å²) < 4.78 is 0. The monoisotopic (exact) mass is 317 g/mol. The number of benzene rings is 2. The third-order valence-corrected chi connectivity index (χ3v) is 3.74. The highest BCUT2D eigenvalue weighted by Gasteiger charge is 2.12. The predicted octanol–water partition coefficient (Wildman–Crippen LogP) is 3.58. The topological polar surface area (TPSA) is 86.5 Å². The average Bonchev–Trinajstić information content (AvgIpc) is 3.23. The Bertz CT molecular complexity index is 1020. The maximum Gasteiger partial charge on any atom is 0.221 e. The summed E-state index contributed by atoms with van der Waals surface area (Å²) in [6.45, 7) is 1.49. The molecule has 0 bridgehead atoms. The summed E-state index contributed by atoms with van der Waals surface area (Å²) in [6.07, 6.45) is 3.52. The normalized spacial score (nSPS) is 10.9. The van der Waals surface area contributed by atoms with Gasteiger partial charge in [0.2, 0.25) is 5.91 Å². The van der Waals surface area contributed by atoms with E-state index in [1.165, 1.54) is 6.92 Å². The van der Waals surface area contributed by atoms with E-state index in [0.29, 0.717) is 0 Å². The summed E-state index contributed by atoms with van der Waals surface area (Å²) in [5.74, 6) is 1.46. The lowest BCUT2D eigenvalue weighted by Crippen LogP contribution is -2.05. The molecule has 4 aromatic rings. The molecule has 24 heavy (non-hydrogen) atoms. The van der Waals surface area contributed by atoms with Crippen LogP contribution in [0.15, 0.2) is 54.9 Å². The van der Waals surface area contributed by atoms with Crippen LogP contribution in [-0.2, 0) is 4.79 Å². The van der Waals surface area contributed by atoms with Crippen molar-refractivity contribution in [3.8, 4) is 22.8 Å². The van der Waals surface area contributed by atoms with Gasteiger partial charge in [0.05, 0.1) is 11.0 Å². The third-order valence-electron chi connectivity index (χ3n) is 3.74. The van der Waals surface area contributed by atoms with Gasteiger partial charge < -0.3 is 15.3 Å². The molecule has 0 saturated heterocycles. The van der Waals surface area contributed by atoms with Gasteiger partial charge in [-0.1, -0.05) is 24.3 Å². The average molecular weight is 317 g/mol. The van der Waals surface area contributed by atoms with Crippen molar-refractivity contribution in [2.45, 2.75) is 6.92 Å². The molecule has 0 aliphatic heterocycles. The number of imidazole rings is 2. The van der Waals surface area contributed by atoms with Gasteiger partial charge in [0.1, 0.15) is 11.6 Å². The second-order valence-electron chi connectivity index (χ2n) is 5.48. The highest BCUT2D eigenvalue weighted by Crippen LogP contribution is 2.30. The Labute approximate surface area is 138 Å². The number of aromatic amines is 2. The van der Waals surface area contributed by atoms with Gasteiger partial charge >= 0.3 is 0 Å². The van der Waals surface area contributed by atoms with Crippen LogP contribution in [0.4, 0.5) is 5.69 Å². The minimum absolute atomic E-state index is 0.0998. The van der Waals surface area contributed by atoms with Crippen molar-refractivity contribution in [1.29, 1.82) is 0 Å². The van der Waals surface area contributed by atoms with Gasteiger partial charge in [-0.2, -0.15) is 0 Å². The van der Waals surface area contributed by atoms with Crippen molar-refractivity contribution < 1.29 is 4.79 Å². The Morgan fingerprint density at radius 3 is 2.58 bits per heavy atom. The fourth-order valence-electron chi connectivity index (χ4n) is 2.73. The number of nitrogens with one attached hydrogen (secondary N) is 3. The van der Waals surface area contributed by atoms with Gasteiger partial charge in [-0.05, 0) is 18.2 Å². The van der Waals surface area contributed by atoms with Crippen molar-refractivity contribution >= 4 is 22.6 Å². The molecule has 118 valence electrons. The molecule has 6 heteroatoms. The molecular formula is C18H15N5O. The van der Waals surface area contributed by atoms with E-state index in [9.17, 15) is 4.79 Å². The van der Waals surface area contributed by atoms with E-state index in [0.717, 1.165) is 39.5 Å². The summed E-state index contributed by atoms with van der Waals surface area (Å²) >= 11 is 0. The Morgan fingerprint density at radius 2 is 1.88 bits per heavy atom. The number of aromatic nitrogens is 4. The number of hydrogen-bond donors (Lipinski definition) is 3. The molecule has 0 saturated carbocycles. The van der Waals surface area contributed by atoms with Crippen molar-refractivity contribution in [2.75, 3.05) is 5.32 Å². The second-order valence-corrected chi connectivity index (χ2v) is 5.48. The van der Waals surface area contributed by atoms with E-state index in [1.54, 1.807) is 12.4 Å². The summed E-state index contributed by atoms with van der Waals surface area (Å²) in [5.41, 5.74) is 4.39. The van der Waals surface area contributed by atoms with Crippen LogP contribution in [0.3, 0.4) is 0 Å². The van der Waals surface area contributed by atoms with Crippen molar-refractivity contribution in [2.24, 2.45) is 0 Å². The van der Waals surface area contributed by atoms with Crippen LogP contribution < -0.4 is 5.32 Å². The van der Waals surface area contributed by atoms with Gasteiger partial charge in [0.25, 0.3) is 0 Å². The molecule has 2 heterocycles. The van der Waals surface area contributed by atoms with E-state index in [4.69, 9.17) is 0 Å². The van der Waals surface area contributed by atoms with Gasteiger partial charge in [0, 0.05) is 36.1 Å². The fourth-order valence-corrected chi connectivity index (χ4v) is 2.73. The number of amides is 1. The van der Waals surface area contributed by atoms with Crippen LogP contribution >= 0.6 is 0 Å². The molecular weight excluding hydrogens is 302 g/mol. The molecule has 0 unspecified atom stereocenters. The number of carbonyl (C=O) groups excluding carboxylic acids is 1. The second kappa shape index (κ2) is 5.66. The highest BCUT2D eigenvalue weighted by molar-refractivity contribution is 5.92. The number of carbonyl (C=O) groups is 1. The number of rotatable bonds is 3. The number of anilines is 1. The van der Waals surface area contributed by atoms with Crippen LogP contribution in [0.1, 0.15) is 6.92 Å². The molecule has 2 aromatic carbocycles. The van der Waals surface area contributed by atoms with Crippen LogP contribution in [-0.4, -0.2) is 25.8 Å². The lowest BCUT2D eigenvalue weighted by atomic mass is 10.1. The zero-order valence-electron chi connectivity index (χ0n) is 13.0. The van der Waals surface area contributed by atoms with E-state index >= 15 is 0 Å². The van der Waals surface area contributed by atoms with Crippen LogP contribution in [0.25, 0.3) is 33.8 Å². The summed E-state index contributed by atoms with van der Waals surface area (Å²) in [7, 11) is 0. The largest absolute Gasteiger partial charge is 0.345 e. The van der Waals surface area contributed by atoms with E-state index in [-0.39, 0.29) is 5.91 Å². The number of H-pyrrole nitrogens is 2. The van der Waals surface area contributed by atoms with Crippen LogP contribution in [0, 0.1) is 0 Å². The van der Waals surface area contributed by atoms with Crippen LogP contribution in [0.2, 0.25) is 0 Å². The zero-order chi connectivity index (χ0) is 16.5. The maximum absolute atomic E-state index is 11.2. The molecule has 0 aliphatic carbocycles. The first-order valence-electron chi connectivity index (χ1n) is 7.57.